The standard InChI is InChI=1S/C27H35N5O4S2/c1-16(2)36-27(33)30-19-9-7-18(8-10-19)26-28-15-23(37-26)22-12-11-20(29-25-13-17(3)31-32-25)14-24(22)38(34,35)21-5-4-6-21/h11-16,18-19,21H,4-10H2,1-3H3,(H,30,33)(H2,29,31,32)/t18-,19-. The van der Waals surface area contributed by atoms with Gasteiger partial charge in [0.2, 0.25) is 0 Å². The lowest BCUT2D eigenvalue weighted by Gasteiger charge is -2.28. The fourth-order valence-corrected chi connectivity index (χ4v) is 8.31. The van der Waals surface area contributed by atoms with Gasteiger partial charge in [-0.05, 0) is 71.4 Å². The number of alkyl carbamates (subject to hydrolysis) is 1. The van der Waals surface area contributed by atoms with Gasteiger partial charge in [-0.25, -0.2) is 18.2 Å². The molecule has 9 nitrogen and oxygen atoms in total. The maximum atomic E-state index is 13.6. The summed E-state index contributed by atoms with van der Waals surface area (Å²) in [4.78, 5) is 17.9. The number of hydrogen-bond acceptors (Lipinski definition) is 8. The lowest BCUT2D eigenvalue weighted by molar-refractivity contribution is 0.109. The normalized spacial score (nSPS) is 20.2. The molecule has 0 aliphatic heterocycles. The number of aromatic amines is 1. The number of ether oxygens (including phenoxy) is 1. The number of thiazole rings is 1. The van der Waals surface area contributed by atoms with Crippen molar-refractivity contribution in [2.24, 2.45) is 0 Å². The van der Waals surface area contributed by atoms with Crippen LogP contribution in [0.3, 0.4) is 0 Å². The summed E-state index contributed by atoms with van der Waals surface area (Å²) in [6.45, 7) is 5.59. The van der Waals surface area contributed by atoms with Gasteiger partial charge in [0.25, 0.3) is 0 Å². The maximum absolute atomic E-state index is 13.6. The Labute approximate surface area is 227 Å². The number of sulfone groups is 1. The number of benzene rings is 1. The molecule has 2 aliphatic carbocycles. The Bertz CT molecular complexity index is 1390. The Balaban J connectivity index is 1.34. The molecule has 0 unspecified atom stereocenters. The molecule has 0 saturated heterocycles. The number of nitrogens with one attached hydrogen (secondary N) is 3. The Morgan fingerprint density at radius 3 is 2.53 bits per heavy atom. The molecule has 3 aromatic rings. The number of amides is 1. The quantitative estimate of drug-likeness (QED) is 0.307. The van der Waals surface area contributed by atoms with E-state index in [0.717, 1.165) is 47.7 Å². The Morgan fingerprint density at radius 1 is 1.13 bits per heavy atom. The van der Waals surface area contributed by atoms with Crippen LogP contribution in [0.15, 0.2) is 35.4 Å². The molecule has 2 aromatic heterocycles. The van der Waals surface area contributed by atoms with Gasteiger partial charge in [0.05, 0.1) is 26.1 Å². The number of carbonyl (C=O) groups is 1. The third-order valence-electron chi connectivity index (χ3n) is 7.29. The molecule has 11 heteroatoms. The van der Waals surface area contributed by atoms with Crippen molar-refractivity contribution in [3.05, 3.63) is 41.2 Å². The number of nitrogens with zero attached hydrogens (tertiary/aromatic N) is 2. The second kappa shape index (κ2) is 11.1. The Hall–Kier alpha value is -2.92. The van der Waals surface area contributed by atoms with E-state index in [1.165, 1.54) is 0 Å². The molecule has 0 bridgehead atoms. The van der Waals surface area contributed by atoms with Gasteiger partial charge < -0.3 is 15.4 Å². The number of carbonyl (C=O) groups excluding carboxylic acids is 1. The maximum Gasteiger partial charge on any atom is 0.407 e. The zero-order valence-electron chi connectivity index (χ0n) is 22.0. The van der Waals surface area contributed by atoms with E-state index >= 15 is 0 Å². The molecule has 0 radical (unpaired) electrons. The number of rotatable bonds is 8. The highest BCUT2D eigenvalue weighted by molar-refractivity contribution is 7.92. The van der Waals surface area contributed by atoms with Crippen LogP contribution in [0, 0.1) is 6.92 Å². The van der Waals surface area contributed by atoms with Crippen molar-refractivity contribution in [1.82, 2.24) is 20.5 Å². The number of H-pyrrole nitrogens is 1. The summed E-state index contributed by atoms with van der Waals surface area (Å²) in [6, 6.07) is 7.49. The minimum Gasteiger partial charge on any atom is -0.447 e. The smallest absolute Gasteiger partial charge is 0.407 e. The van der Waals surface area contributed by atoms with Gasteiger partial charge in [0, 0.05) is 41.2 Å². The van der Waals surface area contributed by atoms with E-state index in [2.05, 4.69) is 20.8 Å². The zero-order chi connectivity index (χ0) is 26.9. The van der Waals surface area contributed by atoms with Crippen molar-refractivity contribution >= 4 is 38.8 Å². The summed E-state index contributed by atoms with van der Waals surface area (Å²) in [6.07, 6.45) is 7.21. The van der Waals surface area contributed by atoms with E-state index in [1.807, 2.05) is 45.2 Å². The van der Waals surface area contributed by atoms with Gasteiger partial charge in [-0.2, -0.15) is 5.10 Å². The van der Waals surface area contributed by atoms with E-state index < -0.39 is 9.84 Å². The molecule has 2 aliphatic rings. The molecule has 5 rings (SSSR count). The monoisotopic (exact) mass is 557 g/mol. The molecule has 0 spiro atoms. The summed E-state index contributed by atoms with van der Waals surface area (Å²) >= 11 is 1.57. The van der Waals surface area contributed by atoms with Crippen LogP contribution in [0.4, 0.5) is 16.3 Å². The first kappa shape index (κ1) is 26.7. The van der Waals surface area contributed by atoms with Crippen LogP contribution in [0.1, 0.15) is 75.4 Å². The van der Waals surface area contributed by atoms with Crippen molar-refractivity contribution < 1.29 is 17.9 Å². The molecule has 2 fully saturated rings. The molecule has 38 heavy (non-hydrogen) atoms. The molecule has 2 saturated carbocycles. The summed E-state index contributed by atoms with van der Waals surface area (Å²) in [5.74, 6) is 0.938. The molecular formula is C27H35N5O4S2. The van der Waals surface area contributed by atoms with Gasteiger partial charge in [-0.1, -0.05) is 12.5 Å². The molecule has 3 N–H and O–H groups in total. The molecule has 0 atom stereocenters. The van der Waals surface area contributed by atoms with E-state index in [0.29, 0.717) is 40.7 Å². The number of aromatic nitrogens is 3. The van der Waals surface area contributed by atoms with Crippen molar-refractivity contribution in [2.75, 3.05) is 5.32 Å². The van der Waals surface area contributed by atoms with E-state index in [9.17, 15) is 13.2 Å². The SMILES string of the molecule is Cc1cc(Nc2ccc(-c3cnc([C@H]4CC[C@H](NC(=O)OC(C)C)CC4)s3)c(S(=O)(=O)C3CCC3)c2)n[nH]1. The Kier molecular flexibility index (Phi) is 7.76. The van der Waals surface area contributed by atoms with Gasteiger partial charge in [-0.3, -0.25) is 5.10 Å². The van der Waals surface area contributed by atoms with Crippen LogP contribution in [0.5, 0.6) is 0 Å². The summed E-state index contributed by atoms with van der Waals surface area (Å²) in [5.41, 5.74) is 2.31. The molecular weight excluding hydrogens is 522 g/mol. The molecule has 2 heterocycles. The largest absolute Gasteiger partial charge is 0.447 e. The van der Waals surface area contributed by atoms with Crippen molar-refractivity contribution in [1.29, 1.82) is 0 Å². The van der Waals surface area contributed by atoms with Gasteiger partial charge in [0.15, 0.2) is 15.7 Å². The number of aryl methyl sites for hydroxylation is 1. The fourth-order valence-electron chi connectivity index (χ4n) is 5.03. The van der Waals surface area contributed by atoms with Crippen LogP contribution in [0.2, 0.25) is 0 Å². The second-order valence-corrected chi connectivity index (χ2v) is 13.8. The van der Waals surface area contributed by atoms with Gasteiger partial charge in [0.1, 0.15) is 0 Å². The highest BCUT2D eigenvalue weighted by Crippen LogP contribution is 2.42. The number of hydrogen-bond donors (Lipinski definition) is 3. The lowest BCUT2D eigenvalue weighted by atomic mass is 9.86. The first-order valence-corrected chi connectivity index (χ1v) is 15.7. The Morgan fingerprint density at radius 2 is 1.89 bits per heavy atom. The van der Waals surface area contributed by atoms with Gasteiger partial charge in [-0.15, -0.1) is 11.3 Å². The second-order valence-electron chi connectivity index (χ2n) is 10.6. The van der Waals surface area contributed by atoms with Crippen LogP contribution >= 0.6 is 11.3 Å². The van der Waals surface area contributed by atoms with E-state index in [4.69, 9.17) is 9.72 Å². The summed E-state index contributed by atoms with van der Waals surface area (Å²) < 4.78 is 32.4. The first-order valence-electron chi connectivity index (χ1n) is 13.3. The summed E-state index contributed by atoms with van der Waals surface area (Å²) in [5, 5.41) is 14.0. The highest BCUT2D eigenvalue weighted by atomic mass is 32.2. The average Bonchev–Trinajstić information content (AvgIpc) is 3.47. The highest BCUT2D eigenvalue weighted by Gasteiger charge is 2.35. The fraction of sp³-hybridized carbons (Fsp3) is 0.519. The van der Waals surface area contributed by atoms with Crippen molar-refractivity contribution in [3.8, 4) is 10.4 Å². The summed E-state index contributed by atoms with van der Waals surface area (Å²) in [7, 11) is -3.48. The number of anilines is 2. The first-order chi connectivity index (χ1) is 18.2. The third kappa shape index (κ3) is 5.88. The van der Waals surface area contributed by atoms with Crippen LogP contribution in [0.25, 0.3) is 10.4 Å². The molecule has 1 aromatic carbocycles. The minimum absolute atomic E-state index is 0.106. The molecule has 204 valence electrons. The predicted molar refractivity (Wildman–Crippen MR) is 149 cm³/mol. The van der Waals surface area contributed by atoms with Crippen LogP contribution < -0.4 is 10.6 Å². The zero-order valence-corrected chi connectivity index (χ0v) is 23.6. The minimum atomic E-state index is -3.48. The molecule has 1 amide bonds. The van der Waals surface area contributed by atoms with E-state index in [-0.39, 0.29) is 23.5 Å². The van der Waals surface area contributed by atoms with Crippen molar-refractivity contribution in [3.63, 3.8) is 0 Å². The topological polar surface area (TPSA) is 126 Å². The van der Waals surface area contributed by atoms with Crippen LogP contribution in [-0.2, 0) is 14.6 Å². The van der Waals surface area contributed by atoms with Crippen LogP contribution in [-0.4, -0.2) is 47.1 Å². The predicted octanol–water partition coefficient (Wildman–Crippen LogP) is 6.07. The average molecular weight is 558 g/mol. The van der Waals surface area contributed by atoms with E-state index in [1.54, 1.807) is 17.4 Å². The lowest BCUT2D eigenvalue weighted by Crippen LogP contribution is -2.38. The van der Waals surface area contributed by atoms with Gasteiger partial charge >= 0.3 is 6.09 Å². The third-order valence-corrected chi connectivity index (χ3v) is 10.8. The van der Waals surface area contributed by atoms with Crippen molar-refractivity contribution in [2.45, 2.75) is 93.9 Å².